The van der Waals surface area contributed by atoms with Gasteiger partial charge in [0.25, 0.3) is 0 Å². The maximum atomic E-state index is 10.1. The molecule has 1 saturated carbocycles. The maximum Gasteiger partial charge on any atom is 0.143 e. The van der Waals surface area contributed by atoms with Gasteiger partial charge in [0.05, 0.1) is 12.1 Å². The fourth-order valence-electron chi connectivity index (χ4n) is 3.14. The van der Waals surface area contributed by atoms with Crippen molar-refractivity contribution in [3.63, 3.8) is 0 Å². The first-order valence-electron chi connectivity index (χ1n) is 8.49. The third-order valence-electron chi connectivity index (χ3n) is 4.32. The van der Waals surface area contributed by atoms with Gasteiger partial charge < -0.3 is 15.7 Å². The zero-order valence-electron chi connectivity index (χ0n) is 14.1. The minimum absolute atomic E-state index is 0.0385. The van der Waals surface area contributed by atoms with Gasteiger partial charge in [-0.25, -0.2) is 9.97 Å². The summed E-state index contributed by atoms with van der Waals surface area (Å²) in [5.74, 6) is 1.42. The van der Waals surface area contributed by atoms with Gasteiger partial charge in [-0.3, -0.25) is 0 Å². The van der Waals surface area contributed by atoms with Gasteiger partial charge in [-0.05, 0) is 38.8 Å². The highest BCUT2D eigenvalue weighted by atomic mass is 16.3. The average molecular weight is 325 g/mol. The molecule has 0 aliphatic heterocycles. The topological polar surface area (TPSA) is 93.9 Å². The van der Waals surface area contributed by atoms with E-state index in [0.717, 1.165) is 42.3 Å². The number of nitriles is 1. The number of anilines is 2. The number of fused-ring (bicyclic) bond motifs is 1. The van der Waals surface area contributed by atoms with E-state index in [0.29, 0.717) is 11.5 Å². The minimum Gasteiger partial charge on any atom is -0.391 e. The third kappa shape index (κ3) is 3.57. The molecular formula is C18H23N5O. The van der Waals surface area contributed by atoms with Crippen LogP contribution < -0.4 is 10.6 Å². The standard InChI is InChI=1S/C18H23N5O/c1-11(2)21-18-14-8-17(23-15-5-3-4-6-16(15)24)20-10-12(14)7-13(9-19)22-18/h7-8,10-11,15-16,24H,3-6H2,1-2H3,(H,20,23)(H,21,22)/t15-,16+/m0/s1. The van der Waals surface area contributed by atoms with Crippen LogP contribution in [0.5, 0.6) is 0 Å². The quantitative estimate of drug-likeness (QED) is 0.800. The van der Waals surface area contributed by atoms with Crippen LogP contribution in [0.2, 0.25) is 0 Å². The predicted octanol–water partition coefficient (Wildman–Crippen LogP) is 3.04. The van der Waals surface area contributed by atoms with Crippen LogP contribution >= 0.6 is 0 Å². The van der Waals surface area contributed by atoms with Crippen LogP contribution in [0.3, 0.4) is 0 Å². The van der Waals surface area contributed by atoms with Gasteiger partial charge in [0.2, 0.25) is 0 Å². The summed E-state index contributed by atoms with van der Waals surface area (Å²) < 4.78 is 0. The van der Waals surface area contributed by atoms with E-state index in [1.807, 2.05) is 19.9 Å². The highest BCUT2D eigenvalue weighted by molar-refractivity contribution is 5.93. The van der Waals surface area contributed by atoms with Crippen LogP contribution in [0, 0.1) is 11.3 Å². The Bertz CT molecular complexity index is 768. The highest BCUT2D eigenvalue weighted by Crippen LogP contribution is 2.27. The van der Waals surface area contributed by atoms with E-state index in [2.05, 4.69) is 26.7 Å². The van der Waals surface area contributed by atoms with Crippen LogP contribution in [0.15, 0.2) is 18.3 Å². The van der Waals surface area contributed by atoms with Crippen molar-refractivity contribution in [2.75, 3.05) is 10.6 Å². The molecule has 2 heterocycles. The second-order valence-electron chi connectivity index (χ2n) is 6.66. The summed E-state index contributed by atoms with van der Waals surface area (Å²) in [6.45, 7) is 4.07. The number of aliphatic hydroxyl groups excluding tert-OH is 1. The number of nitrogens with zero attached hydrogens (tertiary/aromatic N) is 3. The Labute approximate surface area is 141 Å². The SMILES string of the molecule is CC(C)Nc1nc(C#N)cc2cnc(N[C@H]3CCCC[C@H]3O)cc12. The van der Waals surface area contributed by atoms with Crippen molar-refractivity contribution in [3.8, 4) is 6.07 Å². The molecular weight excluding hydrogens is 302 g/mol. The third-order valence-corrected chi connectivity index (χ3v) is 4.32. The smallest absolute Gasteiger partial charge is 0.143 e. The lowest BCUT2D eigenvalue weighted by Crippen LogP contribution is -2.36. The highest BCUT2D eigenvalue weighted by Gasteiger charge is 2.23. The monoisotopic (exact) mass is 325 g/mol. The molecule has 1 aliphatic rings. The van der Waals surface area contributed by atoms with E-state index in [9.17, 15) is 5.11 Å². The Morgan fingerprint density at radius 1 is 1.29 bits per heavy atom. The number of hydrogen-bond donors (Lipinski definition) is 3. The molecule has 0 spiro atoms. The summed E-state index contributed by atoms with van der Waals surface area (Å²) in [4.78, 5) is 8.83. The molecule has 0 aromatic carbocycles. The molecule has 6 nitrogen and oxygen atoms in total. The lowest BCUT2D eigenvalue weighted by molar-refractivity contribution is 0.116. The molecule has 2 aromatic rings. The second kappa shape index (κ2) is 7.02. The van der Waals surface area contributed by atoms with Crippen LogP contribution in [0.25, 0.3) is 10.8 Å². The summed E-state index contributed by atoms with van der Waals surface area (Å²) >= 11 is 0. The molecule has 0 unspecified atom stereocenters. The zero-order valence-corrected chi connectivity index (χ0v) is 14.1. The summed E-state index contributed by atoms with van der Waals surface area (Å²) in [5.41, 5.74) is 0.371. The summed E-state index contributed by atoms with van der Waals surface area (Å²) in [5, 5.41) is 27.7. The molecule has 2 aromatic heterocycles. The fraction of sp³-hybridized carbons (Fsp3) is 0.500. The van der Waals surface area contributed by atoms with Crippen molar-refractivity contribution >= 4 is 22.4 Å². The van der Waals surface area contributed by atoms with Gasteiger partial charge in [0, 0.05) is 23.0 Å². The van der Waals surface area contributed by atoms with Crippen molar-refractivity contribution in [2.45, 2.75) is 57.7 Å². The number of nitrogens with one attached hydrogen (secondary N) is 2. The van der Waals surface area contributed by atoms with Crippen molar-refractivity contribution in [1.29, 1.82) is 5.26 Å². The molecule has 0 amide bonds. The van der Waals surface area contributed by atoms with Crippen LogP contribution in [0.1, 0.15) is 45.2 Å². The number of pyridine rings is 2. The zero-order chi connectivity index (χ0) is 17.1. The fourth-order valence-corrected chi connectivity index (χ4v) is 3.14. The summed E-state index contributed by atoms with van der Waals surface area (Å²) in [6, 6.07) is 6.02. The largest absolute Gasteiger partial charge is 0.391 e. The van der Waals surface area contributed by atoms with Crippen LogP contribution in [-0.2, 0) is 0 Å². The van der Waals surface area contributed by atoms with E-state index >= 15 is 0 Å². The molecule has 1 fully saturated rings. The van der Waals surface area contributed by atoms with Gasteiger partial charge in [0.15, 0.2) is 0 Å². The first-order chi connectivity index (χ1) is 11.6. The van der Waals surface area contributed by atoms with Crippen LogP contribution in [0.4, 0.5) is 11.6 Å². The van der Waals surface area contributed by atoms with Crippen molar-refractivity contribution < 1.29 is 5.11 Å². The number of hydrogen-bond acceptors (Lipinski definition) is 6. The van der Waals surface area contributed by atoms with Crippen LogP contribution in [-0.4, -0.2) is 33.3 Å². The Morgan fingerprint density at radius 2 is 2.08 bits per heavy atom. The summed E-state index contributed by atoms with van der Waals surface area (Å²) in [6.07, 6.45) is 5.40. The van der Waals surface area contributed by atoms with E-state index in [1.54, 1.807) is 12.3 Å². The van der Waals surface area contributed by atoms with Gasteiger partial charge >= 0.3 is 0 Å². The van der Waals surface area contributed by atoms with E-state index in [4.69, 9.17) is 5.26 Å². The lowest BCUT2D eigenvalue weighted by Gasteiger charge is -2.28. The molecule has 0 radical (unpaired) electrons. The van der Waals surface area contributed by atoms with Gasteiger partial charge in [-0.15, -0.1) is 0 Å². The molecule has 6 heteroatoms. The molecule has 3 N–H and O–H groups in total. The van der Waals surface area contributed by atoms with E-state index in [-0.39, 0.29) is 18.2 Å². The lowest BCUT2D eigenvalue weighted by atomic mass is 9.92. The average Bonchev–Trinajstić information content (AvgIpc) is 2.56. The summed E-state index contributed by atoms with van der Waals surface area (Å²) in [7, 11) is 0. The molecule has 1 aliphatic carbocycles. The Balaban J connectivity index is 1.95. The van der Waals surface area contributed by atoms with E-state index in [1.165, 1.54) is 0 Å². The van der Waals surface area contributed by atoms with Gasteiger partial charge in [-0.2, -0.15) is 5.26 Å². The Kier molecular flexibility index (Phi) is 4.81. The maximum absolute atomic E-state index is 10.1. The number of rotatable bonds is 4. The van der Waals surface area contributed by atoms with Crippen molar-refractivity contribution in [1.82, 2.24) is 9.97 Å². The molecule has 2 atom stereocenters. The predicted molar refractivity (Wildman–Crippen MR) is 94.9 cm³/mol. The van der Waals surface area contributed by atoms with Crippen molar-refractivity contribution in [3.05, 3.63) is 24.0 Å². The second-order valence-corrected chi connectivity index (χ2v) is 6.66. The molecule has 3 rings (SSSR count). The Hall–Kier alpha value is -2.39. The number of aliphatic hydroxyl groups is 1. The molecule has 24 heavy (non-hydrogen) atoms. The molecule has 0 saturated heterocycles. The van der Waals surface area contributed by atoms with Gasteiger partial charge in [-0.1, -0.05) is 12.8 Å². The number of aromatic nitrogens is 2. The molecule has 0 bridgehead atoms. The first kappa shape index (κ1) is 16.5. The minimum atomic E-state index is -0.330. The van der Waals surface area contributed by atoms with Crippen molar-refractivity contribution in [2.24, 2.45) is 0 Å². The normalized spacial score (nSPS) is 20.8. The first-order valence-corrected chi connectivity index (χ1v) is 8.49. The molecule has 126 valence electrons. The van der Waals surface area contributed by atoms with Gasteiger partial charge in [0.1, 0.15) is 23.4 Å². The Morgan fingerprint density at radius 3 is 2.79 bits per heavy atom. The van der Waals surface area contributed by atoms with E-state index < -0.39 is 0 Å².